The Kier molecular flexibility index (Phi) is 3.55. The SMILES string of the molecule is CC1(C)COCCN1C(=O)c1ccc(-n2cccc2)cc1. The van der Waals surface area contributed by atoms with Gasteiger partial charge in [0.2, 0.25) is 0 Å². The van der Waals surface area contributed by atoms with Crippen molar-refractivity contribution in [2.45, 2.75) is 19.4 Å². The van der Waals surface area contributed by atoms with Crippen molar-refractivity contribution in [2.24, 2.45) is 0 Å². The van der Waals surface area contributed by atoms with Crippen LogP contribution in [0.15, 0.2) is 48.8 Å². The Morgan fingerprint density at radius 3 is 2.43 bits per heavy atom. The molecular weight excluding hydrogens is 264 g/mol. The van der Waals surface area contributed by atoms with Gasteiger partial charge in [-0.1, -0.05) is 0 Å². The molecule has 1 aliphatic heterocycles. The van der Waals surface area contributed by atoms with Crippen molar-refractivity contribution in [3.05, 3.63) is 54.4 Å². The molecule has 0 bridgehead atoms. The number of carbonyl (C=O) groups excluding carboxylic acids is 1. The summed E-state index contributed by atoms with van der Waals surface area (Å²) in [6, 6.07) is 11.7. The third-order valence-electron chi connectivity index (χ3n) is 3.91. The van der Waals surface area contributed by atoms with Crippen molar-refractivity contribution in [1.82, 2.24) is 9.47 Å². The van der Waals surface area contributed by atoms with Crippen molar-refractivity contribution in [1.29, 1.82) is 0 Å². The van der Waals surface area contributed by atoms with Crippen LogP contribution < -0.4 is 0 Å². The van der Waals surface area contributed by atoms with Crippen LogP contribution in [0.1, 0.15) is 24.2 Å². The lowest BCUT2D eigenvalue weighted by atomic mass is 10.0. The lowest BCUT2D eigenvalue weighted by Gasteiger charge is -2.42. The number of nitrogens with zero attached hydrogens (tertiary/aromatic N) is 2. The number of hydrogen-bond donors (Lipinski definition) is 0. The minimum atomic E-state index is -0.256. The summed E-state index contributed by atoms with van der Waals surface area (Å²) in [7, 11) is 0. The second-order valence-electron chi connectivity index (χ2n) is 5.96. The van der Waals surface area contributed by atoms with Crippen molar-refractivity contribution >= 4 is 5.91 Å². The molecule has 1 aliphatic rings. The quantitative estimate of drug-likeness (QED) is 0.850. The minimum Gasteiger partial charge on any atom is -0.377 e. The predicted molar refractivity (Wildman–Crippen MR) is 81.7 cm³/mol. The Balaban J connectivity index is 1.82. The summed E-state index contributed by atoms with van der Waals surface area (Å²) in [6.45, 7) is 5.92. The third-order valence-corrected chi connectivity index (χ3v) is 3.91. The maximum absolute atomic E-state index is 12.7. The molecule has 4 nitrogen and oxygen atoms in total. The van der Waals surface area contributed by atoms with Crippen molar-refractivity contribution in [3.8, 4) is 5.69 Å². The van der Waals surface area contributed by atoms with Gasteiger partial charge in [-0.05, 0) is 50.2 Å². The van der Waals surface area contributed by atoms with Crippen LogP contribution in [0.4, 0.5) is 0 Å². The van der Waals surface area contributed by atoms with Crippen LogP contribution in [-0.4, -0.2) is 40.7 Å². The topological polar surface area (TPSA) is 34.5 Å². The summed E-state index contributed by atoms with van der Waals surface area (Å²) >= 11 is 0. The molecule has 0 saturated carbocycles. The van der Waals surface area contributed by atoms with E-state index in [4.69, 9.17) is 4.74 Å². The Hall–Kier alpha value is -2.07. The van der Waals surface area contributed by atoms with Gasteiger partial charge in [-0.2, -0.15) is 0 Å². The number of carbonyl (C=O) groups is 1. The van der Waals surface area contributed by atoms with E-state index in [1.165, 1.54) is 0 Å². The lowest BCUT2D eigenvalue weighted by Crippen LogP contribution is -2.55. The van der Waals surface area contributed by atoms with E-state index in [1.807, 2.05) is 72.1 Å². The molecule has 2 aromatic rings. The molecule has 1 saturated heterocycles. The molecule has 2 heterocycles. The molecule has 3 rings (SSSR count). The first-order valence-corrected chi connectivity index (χ1v) is 7.21. The van der Waals surface area contributed by atoms with E-state index in [0.29, 0.717) is 19.8 Å². The summed E-state index contributed by atoms with van der Waals surface area (Å²) in [5.74, 6) is 0.0716. The number of hydrogen-bond acceptors (Lipinski definition) is 2. The molecule has 1 amide bonds. The molecule has 0 radical (unpaired) electrons. The largest absolute Gasteiger partial charge is 0.377 e. The number of morpholine rings is 1. The van der Waals surface area contributed by atoms with E-state index in [9.17, 15) is 4.79 Å². The number of amides is 1. The maximum Gasteiger partial charge on any atom is 0.254 e. The molecule has 0 atom stereocenters. The maximum atomic E-state index is 12.7. The minimum absolute atomic E-state index is 0.0716. The highest BCUT2D eigenvalue weighted by Gasteiger charge is 2.34. The van der Waals surface area contributed by atoms with Gasteiger partial charge in [-0.3, -0.25) is 4.79 Å². The normalized spacial score (nSPS) is 17.7. The number of ether oxygens (including phenoxy) is 1. The summed E-state index contributed by atoms with van der Waals surface area (Å²) in [6.07, 6.45) is 3.98. The summed E-state index contributed by atoms with van der Waals surface area (Å²) in [5, 5.41) is 0. The van der Waals surface area contributed by atoms with Gasteiger partial charge in [-0.15, -0.1) is 0 Å². The zero-order valence-corrected chi connectivity index (χ0v) is 12.5. The average molecular weight is 284 g/mol. The number of benzene rings is 1. The zero-order chi connectivity index (χ0) is 14.9. The Morgan fingerprint density at radius 2 is 1.81 bits per heavy atom. The highest BCUT2D eigenvalue weighted by molar-refractivity contribution is 5.95. The molecule has 0 aliphatic carbocycles. The van der Waals surface area contributed by atoms with Crippen molar-refractivity contribution in [2.75, 3.05) is 19.8 Å². The first-order valence-electron chi connectivity index (χ1n) is 7.21. The summed E-state index contributed by atoms with van der Waals surface area (Å²) in [5.41, 5.74) is 1.52. The van der Waals surface area contributed by atoms with Gasteiger partial charge in [0, 0.05) is 30.2 Å². The third kappa shape index (κ3) is 2.72. The van der Waals surface area contributed by atoms with Crippen LogP contribution in [0.25, 0.3) is 5.69 Å². The summed E-state index contributed by atoms with van der Waals surface area (Å²) < 4.78 is 7.49. The molecule has 0 N–H and O–H groups in total. The standard InChI is InChI=1S/C17H20N2O2/c1-17(2)13-21-12-11-19(17)16(20)14-5-7-15(8-6-14)18-9-3-4-10-18/h3-10H,11-13H2,1-2H3. The van der Waals surface area contributed by atoms with Crippen molar-refractivity contribution in [3.63, 3.8) is 0 Å². The van der Waals surface area contributed by atoms with Crippen LogP contribution in [0.2, 0.25) is 0 Å². The van der Waals surface area contributed by atoms with Crippen molar-refractivity contribution < 1.29 is 9.53 Å². The first kappa shape index (κ1) is 13.9. The highest BCUT2D eigenvalue weighted by atomic mass is 16.5. The van der Waals surface area contributed by atoms with Crippen LogP contribution in [0, 0.1) is 0 Å². The molecule has 1 aromatic carbocycles. The molecule has 4 heteroatoms. The number of rotatable bonds is 2. The molecule has 110 valence electrons. The molecule has 0 unspecified atom stereocenters. The lowest BCUT2D eigenvalue weighted by molar-refractivity contribution is -0.0370. The Bertz CT molecular complexity index is 615. The molecule has 21 heavy (non-hydrogen) atoms. The van der Waals surface area contributed by atoms with E-state index in [0.717, 1.165) is 11.3 Å². The van der Waals surface area contributed by atoms with Crippen LogP contribution in [0.3, 0.4) is 0 Å². The van der Waals surface area contributed by atoms with Gasteiger partial charge < -0.3 is 14.2 Å². The average Bonchev–Trinajstić information content (AvgIpc) is 3.00. The van der Waals surface area contributed by atoms with Gasteiger partial charge in [-0.25, -0.2) is 0 Å². The van der Waals surface area contributed by atoms with Gasteiger partial charge in [0.25, 0.3) is 5.91 Å². The predicted octanol–water partition coefficient (Wildman–Crippen LogP) is 2.73. The second kappa shape index (κ2) is 5.37. The fourth-order valence-electron chi connectivity index (χ4n) is 2.67. The second-order valence-corrected chi connectivity index (χ2v) is 5.96. The van der Waals surface area contributed by atoms with E-state index >= 15 is 0 Å². The Labute approximate surface area is 124 Å². The highest BCUT2D eigenvalue weighted by Crippen LogP contribution is 2.22. The zero-order valence-electron chi connectivity index (χ0n) is 12.5. The number of aromatic nitrogens is 1. The molecule has 0 spiro atoms. The Morgan fingerprint density at radius 1 is 1.14 bits per heavy atom. The molecule has 1 aromatic heterocycles. The molecule has 1 fully saturated rings. The molecular formula is C17H20N2O2. The monoisotopic (exact) mass is 284 g/mol. The first-order chi connectivity index (χ1) is 10.1. The smallest absolute Gasteiger partial charge is 0.254 e. The fourth-order valence-corrected chi connectivity index (χ4v) is 2.67. The summed E-state index contributed by atoms with van der Waals surface area (Å²) in [4.78, 5) is 14.6. The van der Waals surface area contributed by atoms with E-state index < -0.39 is 0 Å². The van der Waals surface area contributed by atoms with Gasteiger partial charge in [0.1, 0.15) is 0 Å². The van der Waals surface area contributed by atoms with E-state index in [2.05, 4.69) is 0 Å². The van der Waals surface area contributed by atoms with Gasteiger partial charge in [0.15, 0.2) is 0 Å². The van der Waals surface area contributed by atoms with Crippen LogP contribution in [0.5, 0.6) is 0 Å². The van der Waals surface area contributed by atoms with Crippen LogP contribution in [-0.2, 0) is 4.74 Å². The van der Waals surface area contributed by atoms with Gasteiger partial charge in [0.05, 0.1) is 18.8 Å². The van der Waals surface area contributed by atoms with Gasteiger partial charge >= 0.3 is 0 Å². The van der Waals surface area contributed by atoms with E-state index in [1.54, 1.807) is 0 Å². The van der Waals surface area contributed by atoms with Crippen LogP contribution >= 0.6 is 0 Å². The van der Waals surface area contributed by atoms with E-state index in [-0.39, 0.29) is 11.4 Å². The fraction of sp³-hybridized carbons (Fsp3) is 0.353.